The highest BCUT2D eigenvalue weighted by Gasteiger charge is 2.40. The standard InChI is InChI=1S/C14H24N4O2S/c15-7-10-17-12-13(11-16-17)21(19,20)18-8-5-14(6-9-18)3-1-2-4-14/h11-12H,1-10,15H2. The van der Waals surface area contributed by atoms with Crippen molar-refractivity contribution in [3.8, 4) is 0 Å². The summed E-state index contributed by atoms with van der Waals surface area (Å²) in [6.07, 6.45) is 10.2. The topological polar surface area (TPSA) is 81.2 Å². The Labute approximate surface area is 126 Å². The first-order chi connectivity index (χ1) is 10.1. The maximum atomic E-state index is 12.6. The Hall–Kier alpha value is -0.920. The monoisotopic (exact) mass is 312 g/mol. The SMILES string of the molecule is NCCn1cc(S(=O)(=O)N2CCC3(CCCC3)CC2)cn1. The van der Waals surface area contributed by atoms with Crippen molar-refractivity contribution in [2.45, 2.75) is 50.0 Å². The van der Waals surface area contributed by atoms with Crippen molar-refractivity contribution in [1.82, 2.24) is 14.1 Å². The van der Waals surface area contributed by atoms with E-state index >= 15 is 0 Å². The van der Waals surface area contributed by atoms with Gasteiger partial charge in [0.05, 0.1) is 12.7 Å². The van der Waals surface area contributed by atoms with Crippen LogP contribution in [-0.4, -0.2) is 42.1 Å². The summed E-state index contributed by atoms with van der Waals surface area (Å²) in [4.78, 5) is 0.290. The first kappa shape index (κ1) is 15.0. The molecule has 1 saturated carbocycles. The van der Waals surface area contributed by atoms with Crippen LogP contribution < -0.4 is 5.73 Å². The van der Waals surface area contributed by atoms with E-state index in [2.05, 4.69) is 5.10 Å². The third kappa shape index (κ3) is 2.86. The van der Waals surface area contributed by atoms with Gasteiger partial charge in [-0.3, -0.25) is 4.68 Å². The molecule has 0 radical (unpaired) electrons. The number of hydrogen-bond acceptors (Lipinski definition) is 4. The zero-order valence-corrected chi connectivity index (χ0v) is 13.2. The quantitative estimate of drug-likeness (QED) is 0.905. The van der Waals surface area contributed by atoms with Gasteiger partial charge in [0.15, 0.2) is 0 Å². The van der Waals surface area contributed by atoms with Gasteiger partial charge in [-0.25, -0.2) is 8.42 Å². The van der Waals surface area contributed by atoms with E-state index in [1.807, 2.05) is 0 Å². The van der Waals surface area contributed by atoms with Crippen LogP contribution in [0.3, 0.4) is 0 Å². The molecule has 1 aromatic heterocycles. The van der Waals surface area contributed by atoms with Crippen LogP contribution >= 0.6 is 0 Å². The molecule has 2 aliphatic rings. The molecule has 1 spiro atoms. The second-order valence-corrected chi connectivity index (χ2v) is 8.28. The first-order valence-corrected chi connectivity index (χ1v) is 9.22. The average Bonchev–Trinajstić information content (AvgIpc) is 3.10. The van der Waals surface area contributed by atoms with E-state index in [1.165, 1.54) is 31.9 Å². The summed E-state index contributed by atoms with van der Waals surface area (Å²) in [6.45, 7) is 2.28. The number of nitrogens with two attached hydrogens (primary N) is 1. The summed E-state index contributed by atoms with van der Waals surface area (Å²) in [5, 5.41) is 4.07. The van der Waals surface area contributed by atoms with Crippen LogP contribution in [0.15, 0.2) is 17.3 Å². The van der Waals surface area contributed by atoms with Crippen LogP contribution in [0, 0.1) is 5.41 Å². The molecule has 0 aromatic carbocycles. The fourth-order valence-corrected chi connectivity index (χ4v) is 5.10. The fourth-order valence-electron chi connectivity index (χ4n) is 3.71. The van der Waals surface area contributed by atoms with Gasteiger partial charge in [-0.15, -0.1) is 0 Å². The van der Waals surface area contributed by atoms with E-state index in [0.29, 0.717) is 36.5 Å². The van der Waals surface area contributed by atoms with E-state index in [1.54, 1.807) is 15.2 Å². The number of rotatable bonds is 4. The number of nitrogens with zero attached hydrogens (tertiary/aromatic N) is 3. The van der Waals surface area contributed by atoms with Crippen molar-refractivity contribution in [3.05, 3.63) is 12.4 Å². The van der Waals surface area contributed by atoms with Crippen molar-refractivity contribution in [2.24, 2.45) is 11.1 Å². The van der Waals surface area contributed by atoms with Gasteiger partial charge in [0, 0.05) is 25.8 Å². The largest absolute Gasteiger partial charge is 0.329 e. The van der Waals surface area contributed by atoms with E-state index < -0.39 is 10.0 Å². The van der Waals surface area contributed by atoms with Crippen LogP contribution in [0.1, 0.15) is 38.5 Å². The van der Waals surface area contributed by atoms with Crippen molar-refractivity contribution >= 4 is 10.0 Å². The number of hydrogen-bond donors (Lipinski definition) is 1. The smallest absolute Gasteiger partial charge is 0.246 e. The summed E-state index contributed by atoms with van der Waals surface area (Å²) in [6, 6.07) is 0. The van der Waals surface area contributed by atoms with Crippen molar-refractivity contribution in [1.29, 1.82) is 0 Å². The molecule has 0 unspecified atom stereocenters. The Morgan fingerprint density at radius 2 is 1.86 bits per heavy atom. The number of aromatic nitrogens is 2. The van der Waals surface area contributed by atoms with Gasteiger partial charge in [0.25, 0.3) is 0 Å². The molecule has 1 aliphatic carbocycles. The molecule has 1 aromatic rings. The average molecular weight is 312 g/mol. The normalized spacial score (nSPS) is 22.9. The molecule has 2 N–H and O–H groups in total. The molecule has 118 valence electrons. The molecule has 2 heterocycles. The van der Waals surface area contributed by atoms with Crippen LogP contribution in [0.2, 0.25) is 0 Å². The minimum atomic E-state index is -3.40. The Kier molecular flexibility index (Phi) is 4.07. The minimum Gasteiger partial charge on any atom is -0.329 e. The molecular formula is C14H24N4O2S. The van der Waals surface area contributed by atoms with Gasteiger partial charge in [0.2, 0.25) is 10.0 Å². The van der Waals surface area contributed by atoms with E-state index in [-0.39, 0.29) is 0 Å². The van der Waals surface area contributed by atoms with Gasteiger partial charge >= 0.3 is 0 Å². The highest BCUT2D eigenvalue weighted by atomic mass is 32.2. The molecule has 0 amide bonds. The highest BCUT2D eigenvalue weighted by Crippen LogP contribution is 2.46. The Balaban J connectivity index is 1.70. The molecule has 1 aliphatic heterocycles. The Morgan fingerprint density at radius 1 is 1.19 bits per heavy atom. The summed E-state index contributed by atoms with van der Waals surface area (Å²) < 4.78 is 28.5. The van der Waals surface area contributed by atoms with Crippen molar-refractivity contribution in [3.63, 3.8) is 0 Å². The maximum absolute atomic E-state index is 12.6. The molecular weight excluding hydrogens is 288 g/mol. The minimum absolute atomic E-state index is 0.290. The van der Waals surface area contributed by atoms with E-state index in [4.69, 9.17) is 5.73 Å². The van der Waals surface area contributed by atoms with Gasteiger partial charge in [-0.1, -0.05) is 12.8 Å². The van der Waals surface area contributed by atoms with Crippen LogP contribution in [0.25, 0.3) is 0 Å². The molecule has 2 fully saturated rings. The third-order valence-corrected chi connectivity index (χ3v) is 6.90. The molecule has 3 rings (SSSR count). The van der Waals surface area contributed by atoms with Crippen molar-refractivity contribution < 1.29 is 8.42 Å². The summed E-state index contributed by atoms with van der Waals surface area (Å²) in [5.74, 6) is 0. The lowest BCUT2D eigenvalue weighted by molar-refractivity contribution is 0.160. The molecule has 6 nitrogen and oxygen atoms in total. The van der Waals surface area contributed by atoms with Crippen LogP contribution in [0.4, 0.5) is 0 Å². The lowest BCUT2D eigenvalue weighted by Crippen LogP contribution is -2.42. The predicted octanol–water partition coefficient (Wildman–Crippen LogP) is 1.19. The summed E-state index contributed by atoms with van der Waals surface area (Å²) >= 11 is 0. The van der Waals surface area contributed by atoms with Gasteiger partial charge in [0.1, 0.15) is 4.90 Å². The number of sulfonamides is 1. The predicted molar refractivity (Wildman–Crippen MR) is 80.2 cm³/mol. The second-order valence-electron chi connectivity index (χ2n) is 6.34. The van der Waals surface area contributed by atoms with E-state index in [0.717, 1.165) is 12.8 Å². The van der Waals surface area contributed by atoms with Gasteiger partial charge in [-0.2, -0.15) is 9.40 Å². The Bertz CT molecular complexity index is 580. The van der Waals surface area contributed by atoms with Gasteiger partial charge < -0.3 is 5.73 Å². The van der Waals surface area contributed by atoms with Crippen LogP contribution in [-0.2, 0) is 16.6 Å². The lowest BCUT2D eigenvalue weighted by Gasteiger charge is -2.38. The fraction of sp³-hybridized carbons (Fsp3) is 0.786. The molecule has 0 atom stereocenters. The summed E-state index contributed by atoms with van der Waals surface area (Å²) in [7, 11) is -3.40. The molecule has 0 bridgehead atoms. The summed E-state index contributed by atoms with van der Waals surface area (Å²) in [5.41, 5.74) is 5.89. The number of piperidine rings is 1. The zero-order chi connectivity index (χ0) is 14.9. The third-order valence-electron chi connectivity index (χ3n) is 5.05. The molecule has 7 heteroatoms. The van der Waals surface area contributed by atoms with E-state index in [9.17, 15) is 8.42 Å². The molecule has 1 saturated heterocycles. The first-order valence-electron chi connectivity index (χ1n) is 7.78. The van der Waals surface area contributed by atoms with Crippen molar-refractivity contribution in [2.75, 3.05) is 19.6 Å². The highest BCUT2D eigenvalue weighted by molar-refractivity contribution is 7.89. The maximum Gasteiger partial charge on any atom is 0.246 e. The van der Waals surface area contributed by atoms with Gasteiger partial charge in [-0.05, 0) is 31.1 Å². The zero-order valence-electron chi connectivity index (χ0n) is 12.4. The Morgan fingerprint density at radius 3 is 2.48 bits per heavy atom. The lowest BCUT2D eigenvalue weighted by atomic mass is 9.78. The second kappa shape index (κ2) is 5.70. The van der Waals surface area contributed by atoms with Crippen LogP contribution in [0.5, 0.6) is 0 Å². The molecule has 21 heavy (non-hydrogen) atoms.